The number of aryl methyl sites for hydroxylation is 1. The first-order chi connectivity index (χ1) is 16.1. The van der Waals surface area contributed by atoms with Gasteiger partial charge in [0.1, 0.15) is 11.4 Å². The lowest BCUT2D eigenvalue weighted by Crippen LogP contribution is -2.35. The maximum atomic E-state index is 13.0. The largest absolute Gasteiger partial charge is 0.371 e. The molecule has 5 rings (SSSR count). The number of hydrogen-bond donors (Lipinski definition) is 0. The van der Waals surface area contributed by atoms with Gasteiger partial charge >= 0.3 is 0 Å². The van der Waals surface area contributed by atoms with Gasteiger partial charge in [-0.05, 0) is 49.9 Å². The summed E-state index contributed by atoms with van der Waals surface area (Å²) in [5.74, 6) is 0.886. The van der Waals surface area contributed by atoms with E-state index in [1.54, 1.807) is 17.0 Å². The molecular weight excluding hydrogens is 418 g/mol. The van der Waals surface area contributed by atoms with E-state index < -0.39 is 4.92 Å². The summed E-state index contributed by atoms with van der Waals surface area (Å²) in [6.07, 6.45) is 4.71. The number of carbonyl (C=O) groups is 1. The third-order valence-corrected chi connectivity index (χ3v) is 6.98. The first-order valence-corrected chi connectivity index (χ1v) is 11.9. The van der Waals surface area contributed by atoms with Crippen LogP contribution in [0.15, 0.2) is 42.5 Å². The molecule has 3 heterocycles. The summed E-state index contributed by atoms with van der Waals surface area (Å²) in [6.45, 7) is 5.14. The summed E-state index contributed by atoms with van der Waals surface area (Å²) < 4.78 is 2.39. The molecule has 2 fully saturated rings. The molecule has 0 radical (unpaired) electrons. The Labute approximate surface area is 193 Å². The molecule has 33 heavy (non-hydrogen) atoms. The Balaban J connectivity index is 1.38. The summed E-state index contributed by atoms with van der Waals surface area (Å²) >= 11 is 0. The Bertz CT molecular complexity index is 1190. The molecular formula is C25H29N5O3. The van der Waals surface area contributed by atoms with Crippen molar-refractivity contribution >= 4 is 28.3 Å². The number of anilines is 1. The summed E-state index contributed by atoms with van der Waals surface area (Å²) in [6, 6.07) is 13.7. The fraction of sp³-hybridized carbons (Fsp3) is 0.440. The standard InChI is InChI=1S/C25H29N5O3/c1-2-24-26-21-7-3-4-8-23(21)29(24)18-11-15-27(16-12-18)19-9-10-22(30(32)33)20(17-19)25(31)28-13-5-6-14-28/h3-4,7-10,17-18H,2,5-6,11-16H2,1H3. The molecule has 2 aliphatic heterocycles. The number of rotatable bonds is 5. The highest BCUT2D eigenvalue weighted by molar-refractivity contribution is 5.99. The topological polar surface area (TPSA) is 84.5 Å². The Hall–Kier alpha value is -3.42. The molecule has 1 amide bonds. The quantitative estimate of drug-likeness (QED) is 0.422. The summed E-state index contributed by atoms with van der Waals surface area (Å²) in [7, 11) is 0. The molecule has 0 spiro atoms. The van der Waals surface area contributed by atoms with Gasteiger partial charge in [-0.25, -0.2) is 4.98 Å². The van der Waals surface area contributed by atoms with Crippen LogP contribution < -0.4 is 4.90 Å². The van der Waals surface area contributed by atoms with Crippen LogP contribution >= 0.6 is 0 Å². The van der Waals surface area contributed by atoms with E-state index in [-0.39, 0.29) is 17.2 Å². The maximum Gasteiger partial charge on any atom is 0.282 e. The second kappa shape index (κ2) is 8.84. The highest BCUT2D eigenvalue weighted by Crippen LogP contribution is 2.33. The number of fused-ring (bicyclic) bond motifs is 1. The predicted molar refractivity (Wildman–Crippen MR) is 128 cm³/mol. The molecule has 2 aromatic carbocycles. The lowest BCUT2D eigenvalue weighted by molar-refractivity contribution is -0.385. The number of amides is 1. The zero-order valence-electron chi connectivity index (χ0n) is 18.9. The van der Waals surface area contributed by atoms with Gasteiger partial charge in [0.2, 0.25) is 0 Å². The van der Waals surface area contributed by atoms with Crippen LogP contribution in [0.2, 0.25) is 0 Å². The molecule has 0 N–H and O–H groups in total. The molecule has 3 aromatic rings. The van der Waals surface area contributed by atoms with Crippen molar-refractivity contribution in [3.8, 4) is 0 Å². The number of imidazole rings is 1. The maximum absolute atomic E-state index is 13.0. The number of nitro benzene ring substituents is 1. The zero-order valence-corrected chi connectivity index (χ0v) is 18.9. The first kappa shape index (κ1) is 21.4. The van der Waals surface area contributed by atoms with Gasteiger partial charge in [-0.15, -0.1) is 0 Å². The van der Waals surface area contributed by atoms with Gasteiger partial charge in [0.25, 0.3) is 11.6 Å². The van der Waals surface area contributed by atoms with Crippen LogP contribution in [0, 0.1) is 10.1 Å². The molecule has 8 heteroatoms. The highest BCUT2D eigenvalue weighted by atomic mass is 16.6. The molecule has 0 atom stereocenters. The van der Waals surface area contributed by atoms with Gasteiger partial charge in [0.05, 0.1) is 16.0 Å². The second-order valence-electron chi connectivity index (χ2n) is 8.92. The van der Waals surface area contributed by atoms with Crippen LogP contribution in [0.25, 0.3) is 11.0 Å². The zero-order chi connectivity index (χ0) is 22.9. The minimum absolute atomic E-state index is 0.108. The van der Waals surface area contributed by atoms with Crippen molar-refractivity contribution in [3.63, 3.8) is 0 Å². The van der Waals surface area contributed by atoms with E-state index in [0.29, 0.717) is 19.1 Å². The number of piperidine rings is 1. The molecule has 0 bridgehead atoms. The normalized spacial score (nSPS) is 17.1. The van der Waals surface area contributed by atoms with Crippen molar-refractivity contribution in [2.75, 3.05) is 31.1 Å². The van der Waals surface area contributed by atoms with Gasteiger partial charge in [-0.1, -0.05) is 19.1 Å². The number of benzene rings is 2. The number of hydrogen-bond acceptors (Lipinski definition) is 5. The number of para-hydroxylation sites is 2. The molecule has 0 aliphatic carbocycles. The van der Waals surface area contributed by atoms with E-state index in [1.807, 2.05) is 6.07 Å². The lowest BCUT2D eigenvalue weighted by Gasteiger charge is -2.35. The number of nitro groups is 1. The third-order valence-electron chi connectivity index (χ3n) is 6.98. The number of aromatic nitrogens is 2. The minimum atomic E-state index is -0.449. The second-order valence-corrected chi connectivity index (χ2v) is 8.92. The van der Waals surface area contributed by atoms with Crippen LogP contribution in [-0.2, 0) is 6.42 Å². The van der Waals surface area contributed by atoms with E-state index in [9.17, 15) is 14.9 Å². The van der Waals surface area contributed by atoms with Crippen LogP contribution in [0.4, 0.5) is 11.4 Å². The average Bonchev–Trinajstić information content (AvgIpc) is 3.51. The number of likely N-dealkylation sites (tertiary alicyclic amines) is 1. The first-order valence-electron chi connectivity index (χ1n) is 11.9. The Morgan fingerprint density at radius 2 is 1.82 bits per heavy atom. The van der Waals surface area contributed by atoms with E-state index >= 15 is 0 Å². The van der Waals surface area contributed by atoms with Gasteiger partial charge in [0.15, 0.2) is 0 Å². The fourth-order valence-corrected chi connectivity index (χ4v) is 5.28. The van der Waals surface area contributed by atoms with Gasteiger partial charge < -0.3 is 14.4 Å². The highest BCUT2D eigenvalue weighted by Gasteiger charge is 2.29. The van der Waals surface area contributed by atoms with Crippen molar-refractivity contribution in [3.05, 3.63) is 64.0 Å². The number of nitrogens with zero attached hydrogens (tertiary/aromatic N) is 5. The molecule has 1 aromatic heterocycles. The third kappa shape index (κ3) is 3.94. The van der Waals surface area contributed by atoms with Crippen LogP contribution in [0.3, 0.4) is 0 Å². The van der Waals surface area contributed by atoms with Crippen molar-refractivity contribution < 1.29 is 9.72 Å². The Morgan fingerprint density at radius 1 is 1.09 bits per heavy atom. The summed E-state index contributed by atoms with van der Waals surface area (Å²) in [5, 5.41) is 11.6. The van der Waals surface area contributed by atoms with Crippen LogP contribution in [-0.4, -0.2) is 51.5 Å². The lowest BCUT2D eigenvalue weighted by atomic mass is 10.0. The van der Waals surface area contributed by atoms with Gasteiger partial charge in [-0.3, -0.25) is 14.9 Å². The van der Waals surface area contributed by atoms with E-state index in [4.69, 9.17) is 4.98 Å². The molecule has 0 unspecified atom stereocenters. The summed E-state index contributed by atoms with van der Waals surface area (Å²) in [4.78, 5) is 32.9. The molecule has 0 saturated carbocycles. The average molecular weight is 448 g/mol. The van der Waals surface area contributed by atoms with Gasteiger partial charge in [-0.2, -0.15) is 0 Å². The van der Waals surface area contributed by atoms with Crippen LogP contribution in [0.5, 0.6) is 0 Å². The Morgan fingerprint density at radius 3 is 2.52 bits per heavy atom. The molecule has 2 aliphatic rings. The van der Waals surface area contributed by atoms with E-state index in [1.165, 1.54) is 11.6 Å². The van der Waals surface area contributed by atoms with Crippen LogP contribution in [0.1, 0.15) is 54.8 Å². The smallest absolute Gasteiger partial charge is 0.282 e. The predicted octanol–water partition coefficient (Wildman–Crippen LogP) is 4.58. The van der Waals surface area contributed by atoms with Crippen molar-refractivity contribution in [1.29, 1.82) is 0 Å². The van der Waals surface area contributed by atoms with E-state index in [0.717, 1.165) is 62.2 Å². The SMILES string of the molecule is CCc1nc2ccccc2n1C1CCN(c2ccc([N+](=O)[O-])c(C(=O)N3CCCC3)c2)CC1. The molecule has 8 nitrogen and oxygen atoms in total. The molecule has 172 valence electrons. The monoisotopic (exact) mass is 447 g/mol. The molecule has 2 saturated heterocycles. The van der Waals surface area contributed by atoms with Crippen molar-refractivity contribution in [2.24, 2.45) is 0 Å². The summed E-state index contributed by atoms with van der Waals surface area (Å²) in [5.41, 5.74) is 3.20. The number of carbonyl (C=O) groups excluding carboxylic acids is 1. The Kier molecular flexibility index (Phi) is 5.74. The van der Waals surface area contributed by atoms with Crippen molar-refractivity contribution in [2.45, 2.75) is 45.1 Å². The van der Waals surface area contributed by atoms with Gasteiger partial charge in [0, 0.05) is 50.4 Å². The minimum Gasteiger partial charge on any atom is -0.371 e. The van der Waals surface area contributed by atoms with E-state index in [2.05, 4.69) is 34.6 Å². The van der Waals surface area contributed by atoms with Crippen molar-refractivity contribution in [1.82, 2.24) is 14.5 Å². The fourth-order valence-electron chi connectivity index (χ4n) is 5.28.